The molecule has 0 spiro atoms. The van der Waals surface area contributed by atoms with Gasteiger partial charge in [0.15, 0.2) is 0 Å². The monoisotopic (exact) mass is 478 g/mol. The molecule has 0 aliphatic rings. The summed E-state index contributed by atoms with van der Waals surface area (Å²) in [5.74, 6) is 1.07. The number of rotatable bonds is 8. The number of halogens is 1. The van der Waals surface area contributed by atoms with E-state index >= 15 is 0 Å². The third kappa shape index (κ3) is 5.99. The molecule has 4 rings (SSSR count). The zero-order valence-corrected chi connectivity index (χ0v) is 19.6. The Labute approximate surface area is 199 Å². The normalized spacial score (nSPS) is 12.0. The van der Waals surface area contributed by atoms with Crippen molar-refractivity contribution < 1.29 is 12.8 Å². The van der Waals surface area contributed by atoms with Crippen LogP contribution in [0.15, 0.2) is 105 Å². The van der Waals surface area contributed by atoms with E-state index in [2.05, 4.69) is 4.99 Å². The number of nitrogens with zero attached hydrogens (tertiary/aromatic N) is 2. The number of sulfonamides is 1. The first kappa shape index (κ1) is 23.0. The van der Waals surface area contributed by atoms with Gasteiger partial charge in [0.1, 0.15) is 11.5 Å². The van der Waals surface area contributed by atoms with Crippen LogP contribution >= 0.6 is 11.6 Å². The van der Waals surface area contributed by atoms with E-state index in [1.165, 1.54) is 4.31 Å². The highest BCUT2D eigenvalue weighted by Crippen LogP contribution is 2.23. The van der Waals surface area contributed by atoms with Crippen LogP contribution in [0.25, 0.3) is 0 Å². The van der Waals surface area contributed by atoms with Crippen LogP contribution in [0.1, 0.15) is 22.6 Å². The van der Waals surface area contributed by atoms with Gasteiger partial charge in [-0.1, -0.05) is 59.6 Å². The van der Waals surface area contributed by atoms with E-state index in [1.54, 1.807) is 54.7 Å². The predicted octanol–water partition coefficient (Wildman–Crippen LogP) is 6.38. The number of benzene rings is 3. The standard InChI is InChI=1S/C26H23ClN2O3S/c1-20-7-15-26(16-8-20)33(30,31)29(18-21-9-11-22(27)12-10-21)19-25-14-13-24(32-25)17-28-23-5-3-2-4-6-23/h2-17H,18-19H2,1H3. The first-order valence-electron chi connectivity index (χ1n) is 10.4. The molecule has 33 heavy (non-hydrogen) atoms. The first-order chi connectivity index (χ1) is 15.9. The molecular weight excluding hydrogens is 456 g/mol. The summed E-state index contributed by atoms with van der Waals surface area (Å²) in [5, 5.41) is 0.597. The molecule has 0 amide bonds. The highest BCUT2D eigenvalue weighted by molar-refractivity contribution is 7.89. The number of aryl methyl sites for hydroxylation is 1. The third-order valence-electron chi connectivity index (χ3n) is 5.04. The quantitative estimate of drug-likeness (QED) is 0.276. The van der Waals surface area contributed by atoms with Crippen LogP contribution in [-0.4, -0.2) is 18.9 Å². The molecule has 0 atom stereocenters. The van der Waals surface area contributed by atoms with Crippen LogP contribution in [0.5, 0.6) is 0 Å². The Kier molecular flexibility index (Phi) is 7.08. The van der Waals surface area contributed by atoms with Gasteiger partial charge in [0, 0.05) is 11.6 Å². The number of para-hydroxylation sites is 1. The van der Waals surface area contributed by atoms with Crippen LogP contribution in [0.2, 0.25) is 5.02 Å². The number of furan rings is 1. The van der Waals surface area contributed by atoms with Gasteiger partial charge < -0.3 is 4.42 Å². The van der Waals surface area contributed by atoms with Gasteiger partial charge in [-0.05, 0) is 61.0 Å². The molecule has 3 aromatic carbocycles. The molecule has 0 fully saturated rings. The summed E-state index contributed by atoms with van der Waals surface area (Å²) in [6, 6.07) is 27.0. The van der Waals surface area contributed by atoms with Crippen molar-refractivity contribution in [3.8, 4) is 0 Å². The Morgan fingerprint density at radius 1 is 0.879 bits per heavy atom. The number of hydrogen-bond acceptors (Lipinski definition) is 4. The molecule has 0 aliphatic heterocycles. The van der Waals surface area contributed by atoms with E-state index in [9.17, 15) is 8.42 Å². The first-order valence-corrected chi connectivity index (χ1v) is 12.2. The molecular formula is C26H23ClN2O3S. The molecule has 1 heterocycles. The minimum absolute atomic E-state index is 0.0814. The fraction of sp³-hybridized carbons (Fsp3) is 0.115. The molecule has 168 valence electrons. The van der Waals surface area contributed by atoms with E-state index in [-0.39, 0.29) is 18.0 Å². The molecule has 0 bridgehead atoms. The maximum atomic E-state index is 13.5. The van der Waals surface area contributed by atoms with Crippen molar-refractivity contribution in [2.24, 2.45) is 4.99 Å². The molecule has 4 aromatic rings. The van der Waals surface area contributed by atoms with Crippen LogP contribution in [0.4, 0.5) is 5.69 Å². The van der Waals surface area contributed by atoms with Gasteiger partial charge in [-0.3, -0.25) is 4.99 Å². The topological polar surface area (TPSA) is 62.9 Å². The van der Waals surface area contributed by atoms with Gasteiger partial charge >= 0.3 is 0 Å². The maximum absolute atomic E-state index is 13.5. The van der Waals surface area contributed by atoms with Crippen LogP contribution in [0, 0.1) is 6.92 Å². The zero-order valence-electron chi connectivity index (χ0n) is 18.1. The zero-order chi connectivity index (χ0) is 23.3. The Morgan fingerprint density at radius 2 is 1.58 bits per heavy atom. The highest BCUT2D eigenvalue weighted by Gasteiger charge is 2.26. The lowest BCUT2D eigenvalue weighted by molar-refractivity contribution is 0.357. The van der Waals surface area contributed by atoms with Crippen molar-refractivity contribution in [3.05, 3.63) is 119 Å². The van der Waals surface area contributed by atoms with Gasteiger partial charge in [0.25, 0.3) is 0 Å². The summed E-state index contributed by atoms with van der Waals surface area (Å²) in [4.78, 5) is 4.62. The Morgan fingerprint density at radius 3 is 2.27 bits per heavy atom. The Bertz CT molecular complexity index is 1330. The second kappa shape index (κ2) is 10.2. The molecule has 0 saturated heterocycles. The molecule has 0 radical (unpaired) electrons. The van der Waals surface area contributed by atoms with Gasteiger partial charge in [-0.25, -0.2) is 8.42 Å². The van der Waals surface area contributed by atoms with E-state index in [0.717, 1.165) is 16.8 Å². The lowest BCUT2D eigenvalue weighted by atomic mass is 10.2. The largest absolute Gasteiger partial charge is 0.459 e. The predicted molar refractivity (Wildman–Crippen MR) is 131 cm³/mol. The molecule has 1 aromatic heterocycles. The third-order valence-corrected chi connectivity index (χ3v) is 7.10. The molecule has 0 aliphatic carbocycles. The van der Waals surface area contributed by atoms with Crippen LogP contribution in [-0.2, 0) is 23.1 Å². The molecule has 0 unspecified atom stereocenters. The smallest absolute Gasteiger partial charge is 0.243 e. The van der Waals surface area contributed by atoms with Crippen molar-refractivity contribution in [3.63, 3.8) is 0 Å². The van der Waals surface area contributed by atoms with E-state index < -0.39 is 10.0 Å². The van der Waals surface area contributed by atoms with Crippen molar-refractivity contribution in [1.29, 1.82) is 0 Å². The summed E-state index contributed by atoms with van der Waals surface area (Å²) in [6.07, 6.45) is 1.62. The highest BCUT2D eigenvalue weighted by atomic mass is 35.5. The van der Waals surface area contributed by atoms with Gasteiger partial charge in [-0.2, -0.15) is 4.31 Å². The van der Waals surface area contributed by atoms with Crippen molar-refractivity contribution >= 4 is 33.5 Å². The van der Waals surface area contributed by atoms with E-state index in [1.807, 2.05) is 49.4 Å². The van der Waals surface area contributed by atoms with Crippen molar-refractivity contribution in [2.45, 2.75) is 24.9 Å². The summed E-state index contributed by atoms with van der Waals surface area (Å²) in [7, 11) is -3.76. The Hall–Kier alpha value is -3.19. The fourth-order valence-electron chi connectivity index (χ4n) is 3.25. The average molecular weight is 479 g/mol. The Balaban J connectivity index is 1.59. The van der Waals surface area contributed by atoms with Crippen molar-refractivity contribution in [2.75, 3.05) is 0 Å². The SMILES string of the molecule is Cc1ccc(S(=O)(=O)N(Cc2ccc(Cl)cc2)Cc2ccc(C=Nc3ccccc3)o2)cc1. The second-order valence-electron chi connectivity index (χ2n) is 7.61. The number of hydrogen-bond donors (Lipinski definition) is 0. The summed E-state index contributed by atoms with van der Waals surface area (Å²) >= 11 is 6.00. The van der Waals surface area contributed by atoms with E-state index in [4.69, 9.17) is 16.0 Å². The van der Waals surface area contributed by atoms with Crippen molar-refractivity contribution in [1.82, 2.24) is 4.31 Å². The molecule has 0 saturated carbocycles. The summed E-state index contributed by atoms with van der Waals surface area (Å²) < 4.78 is 34.2. The fourth-order valence-corrected chi connectivity index (χ4v) is 4.77. The second-order valence-corrected chi connectivity index (χ2v) is 9.98. The van der Waals surface area contributed by atoms with E-state index in [0.29, 0.717) is 16.5 Å². The van der Waals surface area contributed by atoms with Gasteiger partial charge in [0.05, 0.1) is 23.3 Å². The van der Waals surface area contributed by atoms with Crippen LogP contribution in [0.3, 0.4) is 0 Å². The molecule has 5 nitrogen and oxygen atoms in total. The summed E-state index contributed by atoms with van der Waals surface area (Å²) in [6.45, 7) is 2.18. The summed E-state index contributed by atoms with van der Waals surface area (Å²) in [5.41, 5.74) is 2.63. The molecule has 7 heteroatoms. The van der Waals surface area contributed by atoms with Crippen LogP contribution < -0.4 is 0 Å². The average Bonchev–Trinajstić information content (AvgIpc) is 3.27. The minimum atomic E-state index is -3.76. The lowest BCUT2D eigenvalue weighted by Crippen LogP contribution is -2.30. The molecule has 0 N–H and O–H groups in total. The minimum Gasteiger partial charge on any atom is -0.459 e. The number of aliphatic imine (C=N–C) groups is 1. The van der Waals surface area contributed by atoms with Gasteiger partial charge in [-0.15, -0.1) is 0 Å². The van der Waals surface area contributed by atoms with Gasteiger partial charge in [0.2, 0.25) is 10.0 Å². The lowest BCUT2D eigenvalue weighted by Gasteiger charge is -2.21. The maximum Gasteiger partial charge on any atom is 0.243 e.